The van der Waals surface area contributed by atoms with Crippen molar-refractivity contribution >= 4 is 83.1 Å². The van der Waals surface area contributed by atoms with E-state index in [1.54, 1.807) is 103 Å². The van der Waals surface area contributed by atoms with Crippen LogP contribution in [-0.4, -0.2) is 234 Å². The zero-order valence-corrected chi connectivity index (χ0v) is 75.1. The maximum atomic E-state index is 13.4. The summed E-state index contributed by atoms with van der Waals surface area (Å²) >= 11 is 18.5. The Hall–Kier alpha value is -9.37. The van der Waals surface area contributed by atoms with Gasteiger partial charge in [0.05, 0.1) is 52.8 Å². The second-order valence-corrected chi connectivity index (χ2v) is 33.3. The fourth-order valence-corrected chi connectivity index (χ4v) is 14.3. The molecule has 123 heavy (non-hydrogen) atoms. The topological polar surface area (TPSA) is 363 Å². The van der Waals surface area contributed by atoms with Gasteiger partial charge in [-0.2, -0.15) is 0 Å². The van der Waals surface area contributed by atoms with Gasteiger partial charge in [0.2, 0.25) is 0 Å². The van der Waals surface area contributed by atoms with Crippen molar-refractivity contribution in [3.63, 3.8) is 0 Å². The highest BCUT2D eigenvalue weighted by Gasteiger charge is 2.32. The minimum Gasteiger partial charge on any atom is -0.478 e. The van der Waals surface area contributed by atoms with E-state index in [0.717, 1.165) is 112 Å². The Bertz CT molecular complexity index is 4230. The molecule has 9 rings (SSSR count). The summed E-state index contributed by atoms with van der Waals surface area (Å²) in [6.07, 6.45) is 5.13. The lowest BCUT2D eigenvalue weighted by Gasteiger charge is -2.34. The molecular formula is C91H126Cl3N9O20. The smallest absolute Gasteiger partial charge is 0.410 e. The van der Waals surface area contributed by atoms with E-state index < -0.39 is 59.9 Å². The predicted octanol–water partition coefficient (Wildman–Crippen LogP) is 15.0. The Morgan fingerprint density at radius 1 is 0.455 bits per heavy atom. The van der Waals surface area contributed by atoms with Crippen LogP contribution in [0.3, 0.4) is 0 Å². The van der Waals surface area contributed by atoms with Crippen LogP contribution in [0.4, 0.5) is 24.0 Å². The number of ether oxygens (including phenoxy) is 11. The molecule has 9 N–H and O–H groups in total. The van der Waals surface area contributed by atoms with Crippen LogP contribution in [0.15, 0.2) is 146 Å². The monoisotopic (exact) mass is 1770 g/mol. The number of carbonyl (C=O) groups is 8. The molecule has 6 aromatic rings. The average Bonchev–Trinajstić information content (AvgIpc) is 0.832. The molecule has 1 unspecified atom stereocenters. The fraction of sp³-hybridized carbons (Fsp3) is 0.516. The molecule has 0 saturated carbocycles. The Balaban J connectivity index is 0.000000265. The molecule has 9 atom stereocenters. The van der Waals surface area contributed by atoms with E-state index >= 15 is 0 Å². The Morgan fingerprint density at radius 3 is 1.09 bits per heavy atom. The first-order valence-corrected chi connectivity index (χ1v) is 42.6. The molecule has 3 heterocycles. The number of nitrogens with one attached hydrogen (secondary N) is 6. The highest BCUT2D eigenvalue weighted by Crippen LogP contribution is 2.33. The van der Waals surface area contributed by atoms with Gasteiger partial charge >= 0.3 is 36.4 Å². The first kappa shape index (κ1) is 102. The molecule has 676 valence electrons. The molecule has 29 nitrogen and oxygen atoms in total. The van der Waals surface area contributed by atoms with Crippen LogP contribution >= 0.6 is 34.8 Å². The number of hydrogen-bond donors (Lipinski definition) is 8. The molecule has 3 aliphatic heterocycles. The molecule has 0 aromatic heterocycles. The molecule has 0 spiro atoms. The van der Waals surface area contributed by atoms with Crippen LogP contribution in [0, 0.1) is 17.8 Å². The lowest BCUT2D eigenvalue weighted by molar-refractivity contribution is 0.0110. The van der Waals surface area contributed by atoms with E-state index in [-0.39, 0.29) is 93.5 Å². The zero-order chi connectivity index (χ0) is 89.9. The van der Waals surface area contributed by atoms with Crippen molar-refractivity contribution in [2.24, 2.45) is 23.5 Å². The molecule has 3 fully saturated rings. The summed E-state index contributed by atoms with van der Waals surface area (Å²) in [7, 11) is 9.27. The lowest BCUT2D eigenvalue weighted by atomic mass is 9.93. The number of nitrogens with zero attached hydrogens (tertiary/aromatic N) is 2. The van der Waals surface area contributed by atoms with Gasteiger partial charge in [0, 0.05) is 131 Å². The number of halogens is 3. The van der Waals surface area contributed by atoms with Gasteiger partial charge in [-0.15, -0.1) is 0 Å². The van der Waals surface area contributed by atoms with Crippen molar-refractivity contribution in [2.75, 3.05) is 141 Å². The molecule has 7 amide bonds. The number of carboxylic acids is 1. The average molecular weight is 1770 g/mol. The summed E-state index contributed by atoms with van der Waals surface area (Å²) in [4.78, 5) is 99.6. The van der Waals surface area contributed by atoms with Crippen molar-refractivity contribution in [1.29, 1.82) is 0 Å². The highest BCUT2D eigenvalue weighted by molar-refractivity contribution is 6.31. The fourth-order valence-electron chi connectivity index (χ4n) is 13.7. The van der Waals surface area contributed by atoms with Crippen LogP contribution in [-0.2, 0) is 52.1 Å². The molecule has 0 aliphatic carbocycles. The predicted molar refractivity (Wildman–Crippen MR) is 472 cm³/mol. The normalized spacial score (nSPS) is 16.5. The zero-order valence-electron chi connectivity index (χ0n) is 72.8. The number of amides is 7. The molecule has 0 radical (unpaired) electrons. The van der Waals surface area contributed by atoms with E-state index in [1.807, 2.05) is 109 Å². The van der Waals surface area contributed by atoms with Gasteiger partial charge < -0.3 is 105 Å². The van der Waals surface area contributed by atoms with E-state index in [1.165, 1.54) is 27.4 Å². The number of carboxylic acid groups (broad SMARTS) is 1. The molecule has 6 aromatic carbocycles. The summed E-state index contributed by atoms with van der Waals surface area (Å²) in [6, 6.07) is 42.8. The number of likely N-dealkylation sites (N-methyl/N-ethyl adjacent to an activating group) is 3. The number of nitrogens with two attached hydrogens (primary N) is 1. The van der Waals surface area contributed by atoms with Crippen molar-refractivity contribution in [1.82, 2.24) is 41.7 Å². The van der Waals surface area contributed by atoms with Crippen LogP contribution in [0.2, 0.25) is 15.1 Å². The number of methoxy groups -OCH3 is 3. The van der Waals surface area contributed by atoms with Crippen molar-refractivity contribution < 1.29 is 95.6 Å². The first-order chi connectivity index (χ1) is 58.8. The lowest BCUT2D eigenvalue weighted by Crippen LogP contribution is -2.48. The second kappa shape index (κ2) is 54.4. The molecule has 3 saturated heterocycles. The van der Waals surface area contributed by atoms with Crippen molar-refractivity contribution in [3.8, 4) is 0 Å². The summed E-state index contributed by atoms with van der Waals surface area (Å²) in [5.41, 5.74) is 10.5. The standard InChI is InChI=1S/C32H44ClN3O7.C27H36ClN3O5.C18H18ClNO5.C14H28N2O3/c1-32(2,3)43-31(39)36(4)27(17-22-9-8-15-41-21-22)20-35-29(37)25-12-6-10-23(18-25)28(24-11-7-13-26(33)19-24)42-16-14-34-30(38)40-5;1-29-24(14-19-6-5-12-35-18-19)17-31-26(32)22-9-3-7-20(15-22)25(21-8-4-10-23(28)16-21)36-13-11-30-27(33)34-2;1-24-18(23)20-8-9-25-16(13-5-3-7-15(19)11-13)12-4-2-6-14(10-12)17(21)22;1-14(2,3)19-13(17)16(4)12(9-15)8-11-6-5-7-18-10-11/h6-7,10-13,18-19,22,27-28H,8-9,14-17,20-21H2,1-5H3,(H,34,38)(H,35,37);3-4,7-10,15-16,19,24-25,29H,5-6,11-14,17-18H2,1-2H3,(H,30,33)(H,31,32);2-7,10-11,16H,8-9H2,1H3,(H,20,23)(H,21,22);11-12H,5-10,15H2,1-4H3/t22-,27+,28-;19-,24+,25-;16-;11?,12-/m1110/s1. The van der Waals surface area contributed by atoms with E-state index in [9.17, 15) is 43.5 Å². The highest BCUT2D eigenvalue weighted by atomic mass is 35.5. The van der Waals surface area contributed by atoms with Gasteiger partial charge in [-0.3, -0.25) is 9.59 Å². The number of rotatable bonds is 35. The van der Waals surface area contributed by atoms with Gasteiger partial charge in [-0.05, 0) is 230 Å². The van der Waals surface area contributed by atoms with E-state index in [2.05, 4.69) is 46.1 Å². The van der Waals surface area contributed by atoms with Gasteiger partial charge in [0.1, 0.15) is 29.5 Å². The Morgan fingerprint density at radius 2 is 0.772 bits per heavy atom. The summed E-state index contributed by atoms with van der Waals surface area (Å²) in [5.74, 6) is -0.143. The minimum absolute atomic E-state index is 0.0153. The SMILES string of the molecule is CN(C(=O)OC(C)(C)C)[C@H](CN)CC1CCCOC1.CN[C@H](CNC(=O)c1cccc([C@@H](OCCNC(=O)OC)c2cccc(Cl)c2)c1)C[C@H]1CCCOC1.COC(=O)NCCO[C@@H](c1cccc(Cl)c1)c1cccc(C(=O)NC[C@H](C[C@H]2CCCOC2)N(C)C(=O)OC(C)(C)C)c1.COC(=O)NCCO[C@@H](c1cccc(Cl)c1)c1cccc(C(=O)O)c1. The van der Waals surface area contributed by atoms with Gasteiger partial charge in [0.15, 0.2) is 0 Å². The maximum Gasteiger partial charge on any atom is 0.410 e. The van der Waals surface area contributed by atoms with Crippen molar-refractivity contribution in [3.05, 3.63) is 211 Å². The molecule has 32 heteroatoms. The van der Waals surface area contributed by atoms with Gasteiger partial charge in [-0.1, -0.05) is 108 Å². The maximum absolute atomic E-state index is 13.4. The second-order valence-electron chi connectivity index (χ2n) is 31.9. The van der Waals surface area contributed by atoms with Crippen LogP contribution in [0.25, 0.3) is 0 Å². The Kier molecular flexibility index (Phi) is 45.3. The number of benzene rings is 6. The number of alkyl carbamates (subject to hydrolysis) is 3. The number of carbonyl (C=O) groups excluding carboxylic acids is 7. The third-order valence-corrected chi connectivity index (χ3v) is 20.8. The first-order valence-electron chi connectivity index (χ1n) is 41.5. The minimum atomic E-state index is -1.01. The van der Waals surface area contributed by atoms with E-state index in [0.29, 0.717) is 69.7 Å². The third kappa shape index (κ3) is 38.3. The summed E-state index contributed by atoms with van der Waals surface area (Å²) < 4.78 is 59.5. The summed E-state index contributed by atoms with van der Waals surface area (Å²) in [6.45, 7) is 18.4. The van der Waals surface area contributed by atoms with Gasteiger partial charge in [0.25, 0.3) is 11.8 Å². The van der Waals surface area contributed by atoms with Crippen LogP contribution in [0.1, 0.15) is 182 Å². The van der Waals surface area contributed by atoms with E-state index in [4.69, 9.17) is 78.4 Å². The molecule has 0 bridgehead atoms. The van der Waals surface area contributed by atoms with Crippen molar-refractivity contribution in [2.45, 2.75) is 147 Å². The quantitative estimate of drug-likeness (QED) is 0.0135. The largest absolute Gasteiger partial charge is 0.478 e. The van der Waals surface area contributed by atoms with Gasteiger partial charge in [-0.25, -0.2) is 28.8 Å². The number of aromatic carboxylic acids is 1. The number of hydrogen-bond acceptors (Lipinski definition) is 21. The Labute approximate surface area is 738 Å². The van der Waals surface area contributed by atoms with Crippen LogP contribution < -0.4 is 37.6 Å². The van der Waals surface area contributed by atoms with Crippen LogP contribution in [0.5, 0.6) is 0 Å². The molecule has 3 aliphatic rings. The third-order valence-electron chi connectivity index (χ3n) is 20.1. The molecular weight excluding hydrogens is 1650 g/mol. The summed E-state index contributed by atoms with van der Waals surface area (Å²) in [5, 5.41) is 28.0.